The van der Waals surface area contributed by atoms with Gasteiger partial charge < -0.3 is 5.32 Å². The Morgan fingerprint density at radius 1 is 1.22 bits per heavy atom. The second-order valence-corrected chi connectivity index (χ2v) is 8.64. The van der Waals surface area contributed by atoms with Crippen molar-refractivity contribution < 1.29 is 13.3 Å². The molecule has 1 atom stereocenters. The first-order chi connectivity index (χ1) is 13.0. The smallest absolute Gasteiger partial charge is 0.289 e. The van der Waals surface area contributed by atoms with E-state index in [1.807, 2.05) is 12.1 Å². The number of anilines is 1. The van der Waals surface area contributed by atoms with Crippen molar-refractivity contribution in [3.63, 3.8) is 0 Å². The number of hydrogen-bond acceptors (Lipinski definition) is 6. The number of nitro benzene ring substituents is 1. The van der Waals surface area contributed by atoms with Crippen LogP contribution in [0.2, 0.25) is 0 Å². The number of nitrogens with one attached hydrogen (secondary N) is 1. The Hall–Kier alpha value is -2.52. The zero-order valence-corrected chi connectivity index (χ0v) is 15.5. The molecule has 3 heterocycles. The average Bonchev–Trinajstić information content (AvgIpc) is 3.22. The lowest BCUT2D eigenvalue weighted by molar-refractivity contribution is -0.387. The zero-order chi connectivity index (χ0) is 19.0. The fourth-order valence-electron chi connectivity index (χ4n) is 3.74. The van der Waals surface area contributed by atoms with Crippen molar-refractivity contribution in [3.8, 4) is 0 Å². The van der Waals surface area contributed by atoms with Gasteiger partial charge in [0.25, 0.3) is 15.7 Å². The quantitative estimate of drug-likeness (QED) is 0.636. The highest BCUT2D eigenvalue weighted by molar-refractivity contribution is 7.93. The lowest BCUT2D eigenvalue weighted by atomic mass is 10.0. The van der Waals surface area contributed by atoms with Crippen molar-refractivity contribution in [2.45, 2.75) is 30.1 Å². The molecule has 1 fully saturated rings. The standard InChI is InChI=1S/C18H20N4O4S/c23-22(24)16-5-1-2-6-17(16)27(25,26)21-11-3-4-13-7-8-15(20-18(13)21)14-9-10-19-12-14/h1-2,5-8,14,19H,3-4,9-12H2. The van der Waals surface area contributed by atoms with Crippen LogP contribution in [0.25, 0.3) is 0 Å². The number of nitro groups is 1. The molecule has 0 radical (unpaired) electrons. The summed E-state index contributed by atoms with van der Waals surface area (Å²) in [6.07, 6.45) is 2.36. The number of nitrogens with zero attached hydrogens (tertiary/aromatic N) is 3. The molecular weight excluding hydrogens is 368 g/mol. The number of sulfonamides is 1. The summed E-state index contributed by atoms with van der Waals surface area (Å²) in [6.45, 7) is 2.01. The predicted molar refractivity (Wildman–Crippen MR) is 100 cm³/mol. The first kappa shape index (κ1) is 17.9. The molecule has 0 aliphatic carbocycles. The number of hydrogen-bond donors (Lipinski definition) is 1. The summed E-state index contributed by atoms with van der Waals surface area (Å²) in [5.74, 6) is 0.664. The Morgan fingerprint density at radius 2 is 2.04 bits per heavy atom. The highest BCUT2D eigenvalue weighted by Gasteiger charge is 2.35. The van der Waals surface area contributed by atoms with Crippen LogP contribution in [-0.2, 0) is 16.4 Å². The van der Waals surface area contributed by atoms with Gasteiger partial charge in [-0.1, -0.05) is 18.2 Å². The maximum atomic E-state index is 13.3. The van der Waals surface area contributed by atoms with Crippen molar-refractivity contribution in [2.24, 2.45) is 0 Å². The van der Waals surface area contributed by atoms with E-state index in [9.17, 15) is 18.5 Å². The van der Waals surface area contributed by atoms with Crippen LogP contribution >= 0.6 is 0 Å². The summed E-state index contributed by atoms with van der Waals surface area (Å²) in [5, 5.41) is 14.6. The number of para-hydroxylation sites is 1. The zero-order valence-electron chi connectivity index (χ0n) is 14.7. The molecule has 27 heavy (non-hydrogen) atoms. The number of rotatable bonds is 4. The second kappa shape index (κ2) is 6.90. The lowest BCUT2D eigenvalue weighted by Crippen LogP contribution is -2.36. The minimum Gasteiger partial charge on any atom is -0.316 e. The summed E-state index contributed by atoms with van der Waals surface area (Å²) >= 11 is 0. The van der Waals surface area contributed by atoms with Gasteiger partial charge in [-0.25, -0.2) is 17.7 Å². The summed E-state index contributed by atoms with van der Waals surface area (Å²) < 4.78 is 27.8. The third-order valence-corrected chi connectivity index (χ3v) is 6.97. The number of pyridine rings is 1. The highest BCUT2D eigenvalue weighted by Crippen LogP contribution is 2.35. The van der Waals surface area contributed by atoms with E-state index in [1.54, 1.807) is 0 Å². The summed E-state index contributed by atoms with van der Waals surface area (Å²) in [5.41, 5.74) is 1.31. The summed E-state index contributed by atoms with van der Waals surface area (Å²) in [7, 11) is -4.08. The van der Waals surface area contributed by atoms with Gasteiger partial charge in [0, 0.05) is 30.8 Å². The van der Waals surface area contributed by atoms with E-state index >= 15 is 0 Å². The van der Waals surface area contributed by atoms with E-state index in [-0.39, 0.29) is 17.4 Å². The molecule has 1 N–H and O–H groups in total. The molecule has 1 saturated heterocycles. The molecule has 2 aliphatic heterocycles. The molecule has 8 nitrogen and oxygen atoms in total. The Balaban J connectivity index is 1.80. The molecule has 2 aromatic rings. The first-order valence-corrected chi connectivity index (χ1v) is 10.4. The lowest BCUT2D eigenvalue weighted by Gasteiger charge is -2.30. The van der Waals surface area contributed by atoms with Gasteiger partial charge in [-0.05, 0) is 43.5 Å². The van der Waals surface area contributed by atoms with Gasteiger partial charge in [0.2, 0.25) is 0 Å². The van der Waals surface area contributed by atoms with Crippen molar-refractivity contribution in [2.75, 3.05) is 23.9 Å². The molecule has 0 bridgehead atoms. The minimum atomic E-state index is -4.08. The normalized spacial score (nSPS) is 19.7. The van der Waals surface area contributed by atoms with E-state index in [0.29, 0.717) is 12.2 Å². The molecule has 2 aliphatic rings. The van der Waals surface area contributed by atoms with E-state index in [1.165, 1.54) is 28.6 Å². The first-order valence-electron chi connectivity index (χ1n) is 8.95. The van der Waals surface area contributed by atoms with Crippen molar-refractivity contribution in [1.82, 2.24) is 10.3 Å². The fourth-order valence-corrected chi connectivity index (χ4v) is 5.39. The van der Waals surface area contributed by atoms with Crippen molar-refractivity contribution in [3.05, 3.63) is 57.8 Å². The van der Waals surface area contributed by atoms with Crippen molar-refractivity contribution >= 4 is 21.5 Å². The van der Waals surface area contributed by atoms with Crippen LogP contribution in [0, 0.1) is 10.1 Å². The van der Waals surface area contributed by atoms with Gasteiger partial charge in [-0.3, -0.25) is 10.1 Å². The molecule has 1 aromatic carbocycles. The number of aryl methyl sites for hydroxylation is 1. The van der Waals surface area contributed by atoms with Crippen LogP contribution in [0.4, 0.5) is 11.5 Å². The van der Waals surface area contributed by atoms with E-state index in [4.69, 9.17) is 0 Å². The van der Waals surface area contributed by atoms with Crippen LogP contribution in [0.15, 0.2) is 41.3 Å². The van der Waals surface area contributed by atoms with Gasteiger partial charge in [0.15, 0.2) is 4.90 Å². The fraction of sp³-hybridized carbons (Fsp3) is 0.389. The molecule has 9 heteroatoms. The van der Waals surface area contributed by atoms with E-state index < -0.39 is 20.6 Å². The summed E-state index contributed by atoms with van der Waals surface area (Å²) in [4.78, 5) is 15.0. The van der Waals surface area contributed by atoms with Gasteiger partial charge in [0.05, 0.1) is 4.92 Å². The van der Waals surface area contributed by atoms with E-state index in [2.05, 4.69) is 10.3 Å². The Morgan fingerprint density at radius 3 is 2.78 bits per heavy atom. The average molecular weight is 388 g/mol. The van der Waals surface area contributed by atoms with Gasteiger partial charge >= 0.3 is 0 Å². The molecule has 0 saturated carbocycles. The molecule has 1 unspecified atom stereocenters. The topological polar surface area (TPSA) is 105 Å². The number of benzene rings is 1. The van der Waals surface area contributed by atoms with Crippen LogP contribution in [0.5, 0.6) is 0 Å². The van der Waals surface area contributed by atoms with Crippen LogP contribution in [-0.4, -0.2) is 38.0 Å². The maximum absolute atomic E-state index is 13.3. The van der Waals surface area contributed by atoms with E-state index in [0.717, 1.165) is 37.2 Å². The maximum Gasteiger partial charge on any atom is 0.289 e. The third-order valence-electron chi connectivity index (χ3n) is 5.13. The molecule has 142 valence electrons. The molecule has 0 amide bonds. The molecule has 4 rings (SSSR count). The largest absolute Gasteiger partial charge is 0.316 e. The monoisotopic (exact) mass is 388 g/mol. The van der Waals surface area contributed by atoms with Crippen LogP contribution < -0.4 is 9.62 Å². The van der Waals surface area contributed by atoms with Crippen molar-refractivity contribution in [1.29, 1.82) is 0 Å². The Bertz CT molecular complexity index is 987. The summed E-state index contributed by atoms with van der Waals surface area (Å²) in [6, 6.07) is 9.37. The third kappa shape index (κ3) is 3.17. The SMILES string of the molecule is O=[N+]([O-])c1ccccc1S(=O)(=O)N1CCCc2ccc(C3CCNC3)nc21. The molecule has 0 spiro atoms. The molecule has 1 aromatic heterocycles. The minimum absolute atomic E-state index is 0.257. The predicted octanol–water partition coefficient (Wildman–Crippen LogP) is 2.21. The van der Waals surface area contributed by atoms with Crippen LogP contribution in [0.3, 0.4) is 0 Å². The van der Waals surface area contributed by atoms with Gasteiger partial charge in [-0.2, -0.15) is 0 Å². The second-order valence-electron chi connectivity index (χ2n) is 6.81. The van der Waals surface area contributed by atoms with Gasteiger partial charge in [0.1, 0.15) is 5.82 Å². The molecular formula is C18H20N4O4S. The highest BCUT2D eigenvalue weighted by atomic mass is 32.2. The Labute approximate surface area is 157 Å². The van der Waals surface area contributed by atoms with Gasteiger partial charge in [-0.15, -0.1) is 0 Å². The Kier molecular flexibility index (Phi) is 4.56. The number of fused-ring (bicyclic) bond motifs is 1. The number of aromatic nitrogens is 1. The van der Waals surface area contributed by atoms with Crippen LogP contribution in [0.1, 0.15) is 30.0 Å².